The molecule has 0 unspecified atom stereocenters. The molecule has 2 heterocycles. The molecule has 3 N–H and O–H groups in total. The molecule has 0 bridgehead atoms. The second-order valence-electron chi connectivity index (χ2n) is 5.51. The summed E-state index contributed by atoms with van der Waals surface area (Å²) in [5.74, 6) is 0.0359. The molecule has 0 aromatic carbocycles. The Labute approximate surface area is 136 Å². The number of carbonyl (C=O) groups excluding carboxylic acids is 2. The number of amides is 2. The number of hydrogen-bond donors (Lipinski definition) is 2. The number of nitrogens with zero attached hydrogens (tertiary/aromatic N) is 3. The highest BCUT2D eigenvalue weighted by Crippen LogP contribution is 2.07. The molecule has 1 fully saturated rings. The minimum absolute atomic E-state index is 0.0178. The number of nitrogens with two attached hydrogens (primary N) is 1. The first-order valence-electron chi connectivity index (χ1n) is 7.66. The maximum atomic E-state index is 12.3. The molecule has 1 aromatic rings. The number of nitrogen functional groups attached to an aromatic ring is 1. The zero-order chi connectivity index (χ0) is 16.7. The van der Waals surface area contributed by atoms with Gasteiger partial charge >= 0.3 is 0 Å². The van der Waals surface area contributed by atoms with E-state index in [1.165, 1.54) is 0 Å². The Balaban J connectivity index is 1.75. The first-order chi connectivity index (χ1) is 11.1. The first-order valence-corrected chi connectivity index (χ1v) is 7.66. The van der Waals surface area contributed by atoms with E-state index in [-0.39, 0.29) is 18.2 Å². The number of rotatable bonds is 6. The Bertz CT molecular complexity index is 550. The number of aromatic nitrogens is 1. The van der Waals surface area contributed by atoms with Gasteiger partial charge in [0.15, 0.2) is 0 Å². The smallest absolute Gasteiger partial charge is 0.234 e. The number of piperazine rings is 1. The molecular formula is C16H23N5O2. The molecule has 0 aliphatic carbocycles. The van der Waals surface area contributed by atoms with Crippen LogP contribution in [0.2, 0.25) is 0 Å². The van der Waals surface area contributed by atoms with Crippen molar-refractivity contribution in [1.82, 2.24) is 20.1 Å². The van der Waals surface area contributed by atoms with E-state index in [1.54, 1.807) is 24.4 Å². The Hall–Kier alpha value is -2.41. The van der Waals surface area contributed by atoms with Gasteiger partial charge in [-0.2, -0.15) is 0 Å². The van der Waals surface area contributed by atoms with Gasteiger partial charge in [0.25, 0.3) is 0 Å². The van der Waals surface area contributed by atoms with E-state index in [1.807, 2.05) is 9.80 Å². The van der Waals surface area contributed by atoms with Crippen molar-refractivity contribution >= 4 is 17.5 Å². The molecular weight excluding hydrogens is 294 g/mol. The Morgan fingerprint density at radius 3 is 2.65 bits per heavy atom. The molecule has 2 amide bonds. The third-order valence-corrected chi connectivity index (χ3v) is 3.72. The van der Waals surface area contributed by atoms with E-state index in [2.05, 4.69) is 16.9 Å². The van der Waals surface area contributed by atoms with Gasteiger partial charge in [0.05, 0.1) is 24.8 Å². The fraction of sp³-hybridized carbons (Fsp3) is 0.438. The van der Waals surface area contributed by atoms with Crippen LogP contribution in [0.4, 0.5) is 5.69 Å². The van der Waals surface area contributed by atoms with Crippen LogP contribution in [0, 0.1) is 0 Å². The van der Waals surface area contributed by atoms with E-state index in [0.29, 0.717) is 45.0 Å². The van der Waals surface area contributed by atoms with Crippen molar-refractivity contribution in [2.75, 3.05) is 45.0 Å². The lowest BCUT2D eigenvalue weighted by atomic mass is 10.2. The van der Waals surface area contributed by atoms with Crippen LogP contribution < -0.4 is 11.1 Å². The van der Waals surface area contributed by atoms with Crippen LogP contribution in [0.1, 0.15) is 5.69 Å². The van der Waals surface area contributed by atoms with Crippen LogP contribution >= 0.6 is 0 Å². The molecule has 0 spiro atoms. The lowest BCUT2D eigenvalue weighted by Crippen LogP contribution is -2.51. The van der Waals surface area contributed by atoms with Crippen LogP contribution in [0.3, 0.4) is 0 Å². The van der Waals surface area contributed by atoms with Crippen molar-refractivity contribution in [1.29, 1.82) is 0 Å². The highest BCUT2D eigenvalue weighted by Gasteiger charge is 2.22. The topological polar surface area (TPSA) is 91.6 Å². The quantitative estimate of drug-likeness (QED) is 0.700. The van der Waals surface area contributed by atoms with Crippen LogP contribution in [0.25, 0.3) is 0 Å². The van der Waals surface area contributed by atoms with Gasteiger partial charge < -0.3 is 16.0 Å². The summed E-state index contributed by atoms with van der Waals surface area (Å²) in [4.78, 5) is 31.9. The monoisotopic (exact) mass is 317 g/mol. The summed E-state index contributed by atoms with van der Waals surface area (Å²) >= 11 is 0. The maximum Gasteiger partial charge on any atom is 0.234 e. The van der Waals surface area contributed by atoms with Gasteiger partial charge in [0.1, 0.15) is 0 Å². The van der Waals surface area contributed by atoms with Crippen molar-refractivity contribution in [3.63, 3.8) is 0 Å². The molecule has 1 aliphatic rings. The molecule has 23 heavy (non-hydrogen) atoms. The normalized spacial score (nSPS) is 15.2. The van der Waals surface area contributed by atoms with Crippen LogP contribution in [-0.2, 0) is 16.0 Å². The Kier molecular flexibility index (Phi) is 6.10. The number of hydrogen-bond acceptors (Lipinski definition) is 5. The lowest BCUT2D eigenvalue weighted by Gasteiger charge is -2.34. The van der Waals surface area contributed by atoms with Gasteiger partial charge in [-0.15, -0.1) is 6.58 Å². The SMILES string of the molecule is C=CCNC(=O)CN1CCN(C(=O)Cc2ccc(N)cn2)CC1. The zero-order valence-corrected chi connectivity index (χ0v) is 13.2. The standard InChI is InChI=1S/C16H23N5O2/c1-2-5-18-15(22)12-20-6-8-21(9-7-20)16(23)10-14-4-3-13(17)11-19-14/h2-4,11H,1,5-10,12,17H2,(H,18,22). The van der Waals surface area contributed by atoms with Gasteiger partial charge in [0, 0.05) is 38.4 Å². The summed E-state index contributed by atoms with van der Waals surface area (Å²) < 4.78 is 0. The lowest BCUT2D eigenvalue weighted by molar-refractivity contribution is -0.132. The van der Waals surface area contributed by atoms with Crippen molar-refractivity contribution in [2.24, 2.45) is 0 Å². The van der Waals surface area contributed by atoms with E-state index in [9.17, 15) is 9.59 Å². The van der Waals surface area contributed by atoms with Gasteiger partial charge in [-0.3, -0.25) is 19.5 Å². The Morgan fingerprint density at radius 2 is 2.04 bits per heavy atom. The Morgan fingerprint density at radius 1 is 1.30 bits per heavy atom. The summed E-state index contributed by atoms with van der Waals surface area (Å²) in [7, 11) is 0. The fourth-order valence-corrected chi connectivity index (χ4v) is 2.41. The fourth-order valence-electron chi connectivity index (χ4n) is 2.41. The van der Waals surface area contributed by atoms with Crippen molar-refractivity contribution in [3.05, 3.63) is 36.7 Å². The molecule has 0 radical (unpaired) electrons. The summed E-state index contributed by atoms with van der Waals surface area (Å²) in [5, 5.41) is 2.75. The van der Waals surface area contributed by atoms with Crippen molar-refractivity contribution < 1.29 is 9.59 Å². The molecule has 0 atom stereocenters. The third-order valence-electron chi connectivity index (χ3n) is 3.72. The molecule has 1 saturated heterocycles. The number of anilines is 1. The largest absolute Gasteiger partial charge is 0.397 e. The van der Waals surface area contributed by atoms with Gasteiger partial charge in [-0.05, 0) is 12.1 Å². The van der Waals surface area contributed by atoms with Gasteiger partial charge in [-0.25, -0.2) is 0 Å². The average Bonchev–Trinajstić information content (AvgIpc) is 2.55. The summed E-state index contributed by atoms with van der Waals surface area (Å²) in [6.07, 6.45) is 3.49. The molecule has 2 rings (SSSR count). The van der Waals surface area contributed by atoms with Crippen molar-refractivity contribution in [3.8, 4) is 0 Å². The van der Waals surface area contributed by atoms with E-state index in [4.69, 9.17) is 5.73 Å². The second-order valence-corrected chi connectivity index (χ2v) is 5.51. The molecule has 1 aliphatic heterocycles. The zero-order valence-electron chi connectivity index (χ0n) is 13.2. The van der Waals surface area contributed by atoms with E-state index < -0.39 is 0 Å². The molecule has 1 aromatic heterocycles. The van der Waals surface area contributed by atoms with E-state index in [0.717, 1.165) is 5.69 Å². The molecule has 7 nitrogen and oxygen atoms in total. The van der Waals surface area contributed by atoms with Crippen LogP contribution in [-0.4, -0.2) is 65.9 Å². The van der Waals surface area contributed by atoms with Crippen LogP contribution in [0.5, 0.6) is 0 Å². The minimum atomic E-state index is -0.0178. The van der Waals surface area contributed by atoms with Crippen LogP contribution in [0.15, 0.2) is 31.0 Å². The second kappa shape index (κ2) is 8.28. The first kappa shape index (κ1) is 17.0. The summed E-state index contributed by atoms with van der Waals surface area (Å²) in [6.45, 7) is 7.05. The molecule has 124 valence electrons. The predicted molar refractivity (Wildman–Crippen MR) is 88.6 cm³/mol. The van der Waals surface area contributed by atoms with Crippen molar-refractivity contribution in [2.45, 2.75) is 6.42 Å². The predicted octanol–water partition coefficient (Wildman–Crippen LogP) is -0.347. The maximum absolute atomic E-state index is 12.3. The van der Waals surface area contributed by atoms with Gasteiger partial charge in [-0.1, -0.05) is 6.08 Å². The van der Waals surface area contributed by atoms with Gasteiger partial charge in [0.2, 0.25) is 11.8 Å². The highest BCUT2D eigenvalue weighted by atomic mass is 16.2. The summed E-state index contributed by atoms with van der Waals surface area (Å²) in [6, 6.07) is 3.52. The highest BCUT2D eigenvalue weighted by molar-refractivity contribution is 5.79. The molecule has 7 heteroatoms. The molecule has 0 saturated carbocycles. The number of nitrogens with one attached hydrogen (secondary N) is 1. The average molecular weight is 317 g/mol. The number of pyridine rings is 1. The summed E-state index contributed by atoms with van der Waals surface area (Å²) in [5.41, 5.74) is 6.89. The number of carbonyl (C=O) groups is 2. The minimum Gasteiger partial charge on any atom is -0.397 e. The van der Waals surface area contributed by atoms with E-state index >= 15 is 0 Å². The third kappa shape index (κ3) is 5.37.